The molecule has 0 bridgehead atoms. The molecule has 0 atom stereocenters. The van der Waals surface area contributed by atoms with Crippen molar-refractivity contribution in [3.05, 3.63) is 230 Å². The molecule has 0 N–H and O–H groups in total. The molecule has 0 saturated carbocycles. The fourth-order valence-corrected chi connectivity index (χ4v) is 10.1. The summed E-state index contributed by atoms with van der Waals surface area (Å²) in [4.78, 5) is 4.69. The maximum Gasteiger partial charge on any atom is 0.137 e. The van der Waals surface area contributed by atoms with E-state index in [-0.39, 0.29) is 10.8 Å². The van der Waals surface area contributed by atoms with Gasteiger partial charge in [0.1, 0.15) is 22.3 Å². The summed E-state index contributed by atoms with van der Waals surface area (Å²) < 4.78 is 13.6. The summed E-state index contributed by atoms with van der Waals surface area (Å²) in [6, 6.07) is 78.7. The molecule has 10 aromatic carbocycles. The molecule has 0 amide bonds. The molecular weight excluding hydrogens is 853 g/mol. The molecule has 12 aromatic rings. The first-order valence-electron chi connectivity index (χ1n) is 24.3. The monoisotopic (exact) mass is 906 g/mol. The molecule has 0 saturated heterocycles. The minimum Gasteiger partial charge on any atom is -0.456 e. The average molecular weight is 907 g/mol. The van der Waals surface area contributed by atoms with Crippen LogP contribution in [0.25, 0.3) is 76.9 Å². The Morgan fingerprint density at radius 2 is 0.614 bits per heavy atom. The first-order chi connectivity index (χ1) is 33.9. The molecular formula is C66H54N2O2. The van der Waals surface area contributed by atoms with E-state index in [0.717, 1.165) is 88.8 Å². The molecule has 0 spiro atoms. The fraction of sp³-hybridized carbons (Fsp3) is 0.121. The first kappa shape index (κ1) is 43.0. The summed E-state index contributed by atoms with van der Waals surface area (Å²) in [5.41, 5.74) is 17.0. The van der Waals surface area contributed by atoms with E-state index >= 15 is 0 Å². The van der Waals surface area contributed by atoms with Crippen molar-refractivity contribution in [2.24, 2.45) is 0 Å². The molecule has 0 fully saturated rings. The van der Waals surface area contributed by atoms with Gasteiger partial charge in [0, 0.05) is 67.8 Å². The van der Waals surface area contributed by atoms with Gasteiger partial charge in [-0.3, -0.25) is 0 Å². The van der Waals surface area contributed by atoms with Crippen molar-refractivity contribution in [2.75, 3.05) is 9.80 Å². The van der Waals surface area contributed by atoms with Gasteiger partial charge in [-0.25, -0.2) is 0 Å². The maximum atomic E-state index is 6.81. The van der Waals surface area contributed by atoms with Crippen molar-refractivity contribution < 1.29 is 8.83 Å². The number of nitrogens with zero attached hydrogens (tertiary/aromatic N) is 2. The highest BCUT2D eigenvalue weighted by atomic mass is 16.3. The number of hydrogen-bond acceptors (Lipinski definition) is 4. The predicted octanol–water partition coefficient (Wildman–Crippen LogP) is 19.5. The summed E-state index contributed by atoms with van der Waals surface area (Å²) in [5.74, 6) is 0. The van der Waals surface area contributed by atoms with E-state index in [1.54, 1.807) is 0 Å². The highest BCUT2D eigenvalue weighted by molar-refractivity contribution is 6.15. The normalized spacial score (nSPS) is 12.1. The van der Waals surface area contributed by atoms with Crippen molar-refractivity contribution in [1.82, 2.24) is 0 Å². The summed E-state index contributed by atoms with van der Waals surface area (Å²) in [7, 11) is 0. The smallest absolute Gasteiger partial charge is 0.137 e. The zero-order valence-corrected chi connectivity index (χ0v) is 40.5. The molecule has 2 aromatic heterocycles. The zero-order chi connectivity index (χ0) is 47.7. The van der Waals surface area contributed by atoms with Gasteiger partial charge in [0.05, 0.1) is 0 Å². The van der Waals surface area contributed by atoms with Crippen molar-refractivity contribution in [3.63, 3.8) is 0 Å². The van der Waals surface area contributed by atoms with Crippen LogP contribution in [0.4, 0.5) is 34.1 Å². The predicted molar refractivity (Wildman–Crippen MR) is 296 cm³/mol. The van der Waals surface area contributed by atoms with Gasteiger partial charge in [0.15, 0.2) is 0 Å². The van der Waals surface area contributed by atoms with E-state index in [1.165, 1.54) is 33.4 Å². The Labute approximate surface area is 409 Å². The van der Waals surface area contributed by atoms with E-state index in [4.69, 9.17) is 8.83 Å². The lowest BCUT2D eigenvalue weighted by Gasteiger charge is -2.28. The molecule has 340 valence electrons. The number of hydrogen-bond donors (Lipinski definition) is 0. The Bertz CT molecular complexity index is 3660. The van der Waals surface area contributed by atoms with Crippen molar-refractivity contribution in [1.29, 1.82) is 0 Å². The molecule has 0 aliphatic rings. The van der Waals surface area contributed by atoms with Crippen molar-refractivity contribution in [2.45, 2.75) is 52.4 Å². The number of benzene rings is 10. The Morgan fingerprint density at radius 3 is 1.01 bits per heavy atom. The molecule has 0 aliphatic heterocycles. The van der Waals surface area contributed by atoms with Crippen LogP contribution in [0.3, 0.4) is 0 Å². The van der Waals surface area contributed by atoms with Gasteiger partial charge in [0.25, 0.3) is 0 Å². The fourth-order valence-electron chi connectivity index (χ4n) is 10.1. The van der Waals surface area contributed by atoms with Crippen molar-refractivity contribution >= 4 is 88.8 Å². The summed E-state index contributed by atoms with van der Waals surface area (Å²) in [6.07, 6.45) is 0. The van der Waals surface area contributed by atoms with Crippen LogP contribution < -0.4 is 9.80 Å². The summed E-state index contributed by atoms with van der Waals surface area (Å²) >= 11 is 0. The lowest BCUT2D eigenvalue weighted by molar-refractivity contribution is 0.590. The SMILES string of the molecule is CC(C)(C)c1cccc(N(c2cccc(-c3ccccc3)c2)c2ccc3c(c2)oc2cc4cc5c(cc4cc23)oc2cc(N(c3cccc(-c4ccccc4)c3)c3cccc(C(C)(C)C)c3)ccc25)c1. The van der Waals surface area contributed by atoms with E-state index in [1.807, 2.05) is 0 Å². The lowest BCUT2D eigenvalue weighted by Crippen LogP contribution is -2.14. The van der Waals surface area contributed by atoms with Crippen molar-refractivity contribution in [3.8, 4) is 22.3 Å². The van der Waals surface area contributed by atoms with Gasteiger partial charge in [-0.1, -0.05) is 151 Å². The molecule has 0 radical (unpaired) electrons. The molecule has 0 unspecified atom stereocenters. The number of anilines is 6. The first-order valence-corrected chi connectivity index (χ1v) is 24.3. The van der Waals surface area contributed by atoms with Gasteiger partial charge >= 0.3 is 0 Å². The topological polar surface area (TPSA) is 32.8 Å². The molecule has 4 heteroatoms. The van der Waals surface area contributed by atoms with Gasteiger partial charge in [0.2, 0.25) is 0 Å². The van der Waals surface area contributed by atoms with E-state index < -0.39 is 0 Å². The van der Waals surface area contributed by atoms with Gasteiger partial charge in [-0.15, -0.1) is 0 Å². The van der Waals surface area contributed by atoms with Crippen LogP contribution in [0.15, 0.2) is 227 Å². The van der Waals surface area contributed by atoms with Crippen LogP contribution in [0.5, 0.6) is 0 Å². The standard InChI is InChI=1S/C66H54N2O2/c1-65(2,3)49-23-15-27-53(39-49)67(51-25-13-21-45(33-51)43-17-9-7-10-18-43)55-29-31-57-59-35-47-38-62-60(36-48(47)37-61(59)69-63(57)41-55)58-32-30-56(42-64(58)70-62)68(54-28-16-24-50(40-54)66(4,5)6)52-26-14-22-46(34-52)44-19-11-8-12-20-44/h7-42H,1-6H3. The molecule has 2 heterocycles. The third-order valence-electron chi connectivity index (χ3n) is 13.9. The quantitative estimate of drug-likeness (QED) is 0.152. The molecule has 4 nitrogen and oxygen atoms in total. The van der Waals surface area contributed by atoms with Gasteiger partial charge in [-0.2, -0.15) is 0 Å². The van der Waals surface area contributed by atoms with Crippen LogP contribution in [0.2, 0.25) is 0 Å². The Hall–Kier alpha value is -8.34. The Kier molecular flexibility index (Phi) is 10.3. The van der Waals surface area contributed by atoms with Crippen LogP contribution >= 0.6 is 0 Å². The van der Waals surface area contributed by atoms with Crippen LogP contribution in [0.1, 0.15) is 52.7 Å². The van der Waals surface area contributed by atoms with Crippen LogP contribution in [-0.4, -0.2) is 0 Å². The number of furan rings is 2. The third-order valence-corrected chi connectivity index (χ3v) is 13.9. The zero-order valence-electron chi connectivity index (χ0n) is 40.5. The number of fused-ring (bicyclic) bond motifs is 7. The molecule has 12 rings (SSSR count). The minimum atomic E-state index is -0.00897. The highest BCUT2D eigenvalue weighted by Crippen LogP contribution is 2.44. The number of rotatable bonds is 8. The van der Waals surface area contributed by atoms with Gasteiger partial charge in [-0.05, 0) is 152 Å². The second-order valence-electron chi connectivity index (χ2n) is 20.7. The van der Waals surface area contributed by atoms with E-state index in [2.05, 4.69) is 270 Å². The second kappa shape index (κ2) is 16.7. The Morgan fingerprint density at radius 1 is 0.271 bits per heavy atom. The summed E-state index contributed by atoms with van der Waals surface area (Å²) in [5, 5.41) is 6.49. The average Bonchev–Trinajstić information content (AvgIpc) is 3.91. The van der Waals surface area contributed by atoms with E-state index in [9.17, 15) is 0 Å². The highest BCUT2D eigenvalue weighted by Gasteiger charge is 2.22. The molecule has 0 aliphatic carbocycles. The summed E-state index contributed by atoms with van der Waals surface area (Å²) in [6.45, 7) is 13.6. The third kappa shape index (κ3) is 7.86. The maximum absolute atomic E-state index is 6.81. The van der Waals surface area contributed by atoms with Crippen LogP contribution in [0, 0.1) is 0 Å². The lowest BCUT2D eigenvalue weighted by atomic mass is 9.87. The largest absolute Gasteiger partial charge is 0.456 e. The Balaban J connectivity index is 0.947. The van der Waals surface area contributed by atoms with Gasteiger partial charge < -0.3 is 18.6 Å². The minimum absolute atomic E-state index is 0.00897. The van der Waals surface area contributed by atoms with Crippen LogP contribution in [-0.2, 0) is 10.8 Å². The second-order valence-corrected chi connectivity index (χ2v) is 20.7. The molecule has 70 heavy (non-hydrogen) atoms. The van der Waals surface area contributed by atoms with E-state index in [0.29, 0.717) is 0 Å².